The molecule has 0 saturated carbocycles. The maximum atomic E-state index is 12.4. The van der Waals surface area contributed by atoms with Crippen molar-refractivity contribution in [2.45, 2.75) is 0 Å². The van der Waals surface area contributed by atoms with Gasteiger partial charge in [-0.25, -0.2) is 4.98 Å². The maximum absolute atomic E-state index is 12.4. The molecule has 4 nitrogen and oxygen atoms in total. The van der Waals surface area contributed by atoms with Gasteiger partial charge in [-0.05, 0) is 12.1 Å². The van der Waals surface area contributed by atoms with Crippen molar-refractivity contribution in [3.05, 3.63) is 71.1 Å². The number of benzene rings is 2. The monoisotopic (exact) mass is 322 g/mol. The van der Waals surface area contributed by atoms with Crippen molar-refractivity contribution in [3.8, 4) is 11.3 Å². The third-order valence-electron chi connectivity index (χ3n) is 3.41. The van der Waals surface area contributed by atoms with Crippen LogP contribution in [-0.4, -0.2) is 23.7 Å². The smallest absolute Gasteiger partial charge is 0.301 e. The standard InChI is InChI=1S/C18H14N2O2S/c1-20(14-10-6-3-7-11-14)18(22)16(21)17-19-15(12-23-17)13-8-4-2-5-9-13/h2-12H,1H3. The SMILES string of the molecule is CN(C(=O)C(=O)c1nc(-c2ccccc2)cs1)c1ccccc1. The lowest BCUT2D eigenvalue weighted by Crippen LogP contribution is -2.33. The highest BCUT2D eigenvalue weighted by molar-refractivity contribution is 7.13. The minimum Gasteiger partial charge on any atom is -0.309 e. The maximum Gasteiger partial charge on any atom is 0.301 e. The van der Waals surface area contributed by atoms with Gasteiger partial charge in [-0.2, -0.15) is 0 Å². The normalized spacial score (nSPS) is 10.3. The van der Waals surface area contributed by atoms with Crippen molar-refractivity contribution in [3.63, 3.8) is 0 Å². The number of likely N-dealkylation sites (N-methyl/N-ethyl adjacent to an activating group) is 1. The number of thiazole rings is 1. The molecule has 0 aliphatic heterocycles. The number of para-hydroxylation sites is 1. The van der Waals surface area contributed by atoms with Gasteiger partial charge in [-0.15, -0.1) is 11.3 Å². The largest absolute Gasteiger partial charge is 0.309 e. The first-order chi connectivity index (χ1) is 11.2. The Labute approximate surface area is 138 Å². The van der Waals surface area contributed by atoms with Crippen molar-refractivity contribution in [1.82, 2.24) is 4.98 Å². The summed E-state index contributed by atoms with van der Waals surface area (Å²) in [7, 11) is 1.58. The number of ketones is 1. The average molecular weight is 322 g/mol. The summed E-state index contributed by atoms with van der Waals surface area (Å²) < 4.78 is 0. The molecule has 0 saturated heterocycles. The van der Waals surface area contributed by atoms with Crippen molar-refractivity contribution in [2.24, 2.45) is 0 Å². The summed E-state index contributed by atoms with van der Waals surface area (Å²) in [6.45, 7) is 0. The van der Waals surface area contributed by atoms with Gasteiger partial charge in [-0.3, -0.25) is 9.59 Å². The number of hydrogen-bond acceptors (Lipinski definition) is 4. The molecule has 1 heterocycles. The molecule has 0 spiro atoms. The van der Waals surface area contributed by atoms with Crippen LogP contribution >= 0.6 is 11.3 Å². The number of Topliss-reactive ketones (excluding diaryl/α,β-unsaturated/α-hetero) is 1. The second-order valence-corrected chi connectivity index (χ2v) is 5.79. The molecule has 0 unspecified atom stereocenters. The van der Waals surface area contributed by atoms with E-state index in [0.717, 1.165) is 5.56 Å². The summed E-state index contributed by atoms with van der Waals surface area (Å²) in [5.41, 5.74) is 2.30. The summed E-state index contributed by atoms with van der Waals surface area (Å²) in [6.07, 6.45) is 0. The minimum absolute atomic E-state index is 0.205. The fourth-order valence-electron chi connectivity index (χ4n) is 2.13. The highest BCUT2D eigenvalue weighted by Crippen LogP contribution is 2.22. The minimum atomic E-state index is -0.594. The van der Waals surface area contributed by atoms with Crippen LogP contribution in [0.2, 0.25) is 0 Å². The molecular weight excluding hydrogens is 308 g/mol. The highest BCUT2D eigenvalue weighted by atomic mass is 32.1. The number of anilines is 1. The number of aromatic nitrogens is 1. The van der Waals surface area contributed by atoms with E-state index < -0.39 is 11.7 Å². The van der Waals surface area contributed by atoms with Gasteiger partial charge in [0.05, 0.1) is 5.69 Å². The van der Waals surface area contributed by atoms with E-state index in [9.17, 15) is 9.59 Å². The second-order valence-electron chi connectivity index (χ2n) is 4.93. The van der Waals surface area contributed by atoms with Crippen molar-refractivity contribution in [1.29, 1.82) is 0 Å². The van der Waals surface area contributed by atoms with Gasteiger partial charge < -0.3 is 4.90 Å². The van der Waals surface area contributed by atoms with Crippen LogP contribution < -0.4 is 4.90 Å². The van der Waals surface area contributed by atoms with Gasteiger partial charge in [0.25, 0.3) is 5.78 Å². The number of rotatable bonds is 4. The van der Waals surface area contributed by atoms with Crippen LogP contribution in [0.1, 0.15) is 9.80 Å². The lowest BCUT2D eigenvalue weighted by molar-refractivity contribution is -0.114. The van der Waals surface area contributed by atoms with Crippen LogP contribution in [0.3, 0.4) is 0 Å². The molecule has 3 rings (SSSR count). The highest BCUT2D eigenvalue weighted by Gasteiger charge is 2.24. The van der Waals surface area contributed by atoms with E-state index in [4.69, 9.17) is 0 Å². The molecule has 0 atom stereocenters. The molecule has 0 bridgehead atoms. The van der Waals surface area contributed by atoms with Crippen LogP contribution in [0.5, 0.6) is 0 Å². The number of carbonyl (C=O) groups excluding carboxylic acids is 2. The van der Waals surface area contributed by atoms with Crippen LogP contribution in [0.15, 0.2) is 66.0 Å². The summed E-state index contributed by atoms with van der Waals surface area (Å²) in [6, 6.07) is 18.6. The van der Waals surface area contributed by atoms with Gasteiger partial charge in [0.2, 0.25) is 0 Å². The van der Waals surface area contributed by atoms with Crippen molar-refractivity contribution in [2.75, 3.05) is 11.9 Å². The third-order valence-corrected chi connectivity index (χ3v) is 4.25. The summed E-state index contributed by atoms with van der Waals surface area (Å²) >= 11 is 1.19. The average Bonchev–Trinajstić information content (AvgIpc) is 3.11. The predicted octanol–water partition coefficient (Wildman–Crippen LogP) is 3.66. The van der Waals surface area contributed by atoms with E-state index in [1.54, 1.807) is 24.6 Å². The Morgan fingerprint density at radius 2 is 1.57 bits per heavy atom. The van der Waals surface area contributed by atoms with Gasteiger partial charge in [-0.1, -0.05) is 48.5 Å². The molecule has 2 aromatic carbocycles. The molecule has 0 aliphatic rings. The zero-order chi connectivity index (χ0) is 16.2. The Morgan fingerprint density at radius 3 is 2.22 bits per heavy atom. The quantitative estimate of drug-likeness (QED) is 0.544. The zero-order valence-electron chi connectivity index (χ0n) is 12.5. The fraction of sp³-hybridized carbons (Fsp3) is 0.0556. The summed E-state index contributed by atoms with van der Waals surface area (Å²) in [5, 5.41) is 2.00. The first-order valence-corrected chi connectivity index (χ1v) is 7.93. The first-order valence-electron chi connectivity index (χ1n) is 7.05. The molecule has 5 heteroatoms. The molecule has 0 aliphatic carbocycles. The Balaban J connectivity index is 1.81. The van der Waals surface area contributed by atoms with E-state index in [0.29, 0.717) is 11.4 Å². The number of amides is 1. The van der Waals surface area contributed by atoms with Gasteiger partial charge in [0, 0.05) is 23.7 Å². The van der Waals surface area contributed by atoms with E-state index in [1.807, 2.05) is 48.5 Å². The van der Waals surface area contributed by atoms with Crippen molar-refractivity contribution >= 4 is 28.7 Å². The molecule has 1 aromatic heterocycles. The molecular formula is C18H14N2O2S. The summed E-state index contributed by atoms with van der Waals surface area (Å²) in [4.78, 5) is 30.3. The lowest BCUT2D eigenvalue weighted by atomic mass is 10.2. The predicted molar refractivity (Wildman–Crippen MR) is 91.7 cm³/mol. The number of carbonyl (C=O) groups is 2. The second kappa shape index (κ2) is 6.54. The fourth-order valence-corrected chi connectivity index (χ4v) is 2.89. The van der Waals surface area contributed by atoms with Crippen LogP contribution in [0.4, 0.5) is 5.69 Å². The van der Waals surface area contributed by atoms with Gasteiger partial charge in [0.15, 0.2) is 5.01 Å². The van der Waals surface area contributed by atoms with E-state index in [-0.39, 0.29) is 5.01 Å². The lowest BCUT2D eigenvalue weighted by Gasteiger charge is -2.15. The van der Waals surface area contributed by atoms with E-state index >= 15 is 0 Å². The third kappa shape index (κ3) is 3.19. The first kappa shape index (κ1) is 15.1. The van der Waals surface area contributed by atoms with Crippen molar-refractivity contribution < 1.29 is 9.59 Å². The number of nitrogens with zero attached hydrogens (tertiary/aromatic N) is 2. The van der Waals surface area contributed by atoms with Crippen LogP contribution in [0.25, 0.3) is 11.3 Å². The Kier molecular flexibility index (Phi) is 4.30. The van der Waals surface area contributed by atoms with Crippen LogP contribution in [-0.2, 0) is 4.79 Å². The molecule has 23 heavy (non-hydrogen) atoms. The Morgan fingerprint density at radius 1 is 0.957 bits per heavy atom. The molecule has 0 fully saturated rings. The summed E-state index contributed by atoms with van der Waals surface area (Å²) in [5.74, 6) is -1.19. The van der Waals surface area contributed by atoms with E-state index in [1.165, 1.54) is 16.2 Å². The van der Waals surface area contributed by atoms with Gasteiger partial charge >= 0.3 is 5.91 Å². The Hall–Kier alpha value is -2.79. The van der Waals surface area contributed by atoms with Crippen LogP contribution in [0, 0.1) is 0 Å². The van der Waals surface area contributed by atoms with Gasteiger partial charge in [0.1, 0.15) is 0 Å². The molecule has 3 aromatic rings. The number of hydrogen-bond donors (Lipinski definition) is 0. The molecule has 0 N–H and O–H groups in total. The topological polar surface area (TPSA) is 50.3 Å². The molecule has 1 amide bonds. The zero-order valence-corrected chi connectivity index (χ0v) is 13.3. The Bertz CT molecular complexity index is 828. The van der Waals surface area contributed by atoms with E-state index in [2.05, 4.69) is 4.98 Å². The molecule has 114 valence electrons. The molecule has 0 radical (unpaired) electrons.